The Labute approximate surface area is 392 Å². The first kappa shape index (κ1) is 55.5. The van der Waals surface area contributed by atoms with Crippen molar-refractivity contribution in [2.24, 2.45) is 0 Å². The Morgan fingerprint density at radius 2 is 0.449 bits per heavy atom. The van der Waals surface area contributed by atoms with Crippen LogP contribution in [-0.2, 0) is 61.6 Å². The van der Waals surface area contributed by atoms with Gasteiger partial charge in [-0.05, 0) is 13.8 Å². The van der Waals surface area contributed by atoms with Crippen LogP contribution in [0.25, 0.3) is 0 Å². The molecule has 0 saturated carbocycles. The molecule has 30 atom stereocenters. The lowest BCUT2D eigenvalue weighted by Gasteiger charge is -2.50. The number of rotatable bonds is 8. The van der Waals surface area contributed by atoms with E-state index in [0.29, 0.717) is 0 Å². The molecule has 12 bridgehead atoms. The lowest BCUT2D eigenvalue weighted by Crippen LogP contribution is -2.69. The van der Waals surface area contributed by atoms with Crippen molar-refractivity contribution in [3.05, 3.63) is 0 Å². The predicted molar refractivity (Wildman–Crippen MR) is 210 cm³/mol. The second kappa shape index (κ2) is 23.6. The second-order valence-electron chi connectivity index (χ2n) is 18.0. The summed E-state index contributed by atoms with van der Waals surface area (Å²) in [5.74, 6) is 0. The fourth-order valence-electron chi connectivity index (χ4n) is 9.20. The Morgan fingerprint density at radius 1 is 0.275 bits per heavy atom. The summed E-state index contributed by atoms with van der Waals surface area (Å²) in [6, 6.07) is 0. The number of aliphatic hydroxyl groups is 17. The summed E-state index contributed by atoms with van der Waals surface area (Å²) in [5, 5.41) is 187. The molecule has 30 nitrogen and oxygen atoms in total. The van der Waals surface area contributed by atoms with Crippen molar-refractivity contribution >= 4 is 0 Å². The lowest BCUT2D eigenvalue weighted by molar-refractivity contribution is -0.404. The van der Waals surface area contributed by atoms with E-state index in [0.717, 1.165) is 0 Å². The monoisotopic (exact) mass is 1010 g/mol. The Hall–Kier alpha value is -1.20. The van der Waals surface area contributed by atoms with E-state index in [2.05, 4.69) is 0 Å². The predicted octanol–water partition coefficient (Wildman–Crippen LogP) is -11.6. The van der Waals surface area contributed by atoms with Gasteiger partial charge in [0.25, 0.3) is 0 Å². The molecular formula is C39H66O30. The topological polar surface area (TPSA) is 464 Å². The van der Waals surface area contributed by atoms with Crippen molar-refractivity contribution in [3.8, 4) is 0 Å². The van der Waals surface area contributed by atoms with Crippen LogP contribution in [0.15, 0.2) is 0 Å². The van der Waals surface area contributed by atoms with Gasteiger partial charge < -0.3 is 148 Å². The highest BCUT2D eigenvalue weighted by Gasteiger charge is 2.58. The first-order chi connectivity index (χ1) is 32.8. The highest BCUT2D eigenvalue weighted by Crippen LogP contribution is 2.38. The summed E-state index contributed by atoms with van der Waals surface area (Å²) < 4.78 is 74.7. The van der Waals surface area contributed by atoms with Crippen LogP contribution in [0.3, 0.4) is 0 Å². The number of ether oxygens (including phenoxy) is 13. The van der Waals surface area contributed by atoms with Gasteiger partial charge in [0.1, 0.15) is 146 Å². The van der Waals surface area contributed by atoms with E-state index in [-0.39, 0.29) is 0 Å². The minimum atomic E-state index is -2.14. The van der Waals surface area contributed by atoms with Gasteiger partial charge in [0.15, 0.2) is 37.7 Å². The molecule has 22 fully saturated rings. The van der Waals surface area contributed by atoms with Crippen LogP contribution < -0.4 is 0 Å². The second-order valence-corrected chi connectivity index (χ2v) is 18.0. The van der Waals surface area contributed by atoms with Gasteiger partial charge in [0.05, 0.1) is 45.7 Å². The molecule has 30 unspecified atom stereocenters. The van der Waals surface area contributed by atoms with Crippen LogP contribution >= 0.6 is 0 Å². The maximum absolute atomic E-state index is 11.5. The van der Waals surface area contributed by atoms with Crippen molar-refractivity contribution in [1.82, 2.24) is 0 Å². The van der Waals surface area contributed by atoms with Crippen LogP contribution in [-0.4, -0.2) is 317 Å². The molecule has 22 rings (SSSR count). The van der Waals surface area contributed by atoms with Crippen LogP contribution in [0.5, 0.6) is 0 Å². The summed E-state index contributed by atoms with van der Waals surface area (Å²) in [7, 11) is 0. The Kier molecular flexibility index (Phi) is 19.0. The van der Waals surface area contributed by atoms with E-state index in [9.17, 15) is 86.8 Å². The molecule has 0 spiro atoms. The number of hydrogen-bond donors (Lipinski definition) is 17. The summed E-state index contributed by atoms with van der Waals surface area (Å²) in [4.78, 5) is 0. The quantitative estimate of drug-likeness (QED) is 0.107. The van der Waals surface area contributed by atoms with Gasteiger partial charge in [-0.2, -0.15) is 0 Å². The van der Waals surface area contributed by atoms with Crippen molar-refractivity contribution in [2.75, 3.05) is 39.6 Å². The van der Waals surface area contributed by atoms with Crippen LogP contribution in [0.4, 0.5) is 0 Å². The molecule has 69 heavy (non-hydrogen) atoms. The summed E-state index contributed by atoms with van der Waals surface area (Å²) in [6.07, 6.45) is -58.0. The molecule has 0 aromatic rings. The molecular weight excluding hydrogens is 948 g/mol. The van der Waals surface area contributed by atoms with E-state index >= 15 is 0 Å². The summed E-state index contributed by atoms with van der Waals surface area (Å²) in [6.45, 7) is -2.05. The van der Waals surface area contributed by atoms with Crippen LogP contribution in [0.1, 0.15) is 13.8 Å². The smallest absolute Gasteiger partial charge is 0.187 e. The van der Waals surface area contributed by atoms with E-state index in [1.165, 1.54) is 0 Å². The van der Waals surface area contributed by atoms with E-state index < -0.39 is 230 Å². The molecule has 22 saturated heterocycles. The summed E-state index contributed by atoms with van der Waals surface area (Å²) >= 11 is 0. The van der Waals surface area contributed by atoms with Crippen LogP contribution in [0.2, 0.25) is 0 Å². The average Bonchev–Trinajstić information content (AvgIpc) is 3.33. The minimum absolute atomic E-state index is 0.418. The zero-order valence-corrected chi connectivity index (χ0v) is 37.1. The zero-order chi connectivity index (χ0) is 50.3. The molecule has 0 radical (unpaired) electrons. The van der Waals surface area contributed by atoms with Crippen molar-refractivity contribution in [1.29, 1.82) is 0 Å². The van der Waals surface area contributed by atoms with Gasteiger partial charge in [-0.1, -0.05) is 0 Å². The van der Waals surface area contributed by atoms with Gasteiger partial charge in [0.2, 0.25) is 0 Å². The third-order valence-corrected chi connectivity index (χ3v) is 13.1. The maximum Gasteiger partial charge on any atom is 0.187 e. The molecule has 30 heteroatoms. The van der Waals surface area contributed by atoms with Crippen LogP contribution in [0, 0.1) is 0 Å². The highest BCUT2D eigenvalue weighted by atomic mass is 16.8. The average molecular weight is 1010 g/mol. The number of aliphatic hydroxyl groups excluding tert-OH is 17. The molecule has 0 aromatic carbocycles. The standard InChI is InChI=1S/C39H66O30/c1-9(2)57-8-15-33-21(50)27(56)39(63-15)68-32-14(7-44)61-37(25(54)19(32)48)66-30-12(5-42)59-35(23(52)17(30)46)64-28-10(3-40)58-34(22(51)16(28)45)65-29-11(4-41)60-36(24(53)18(29)47)67-31-13(6-43)62-38(69-33)26(55)20(31)49/h9-56H,3-8H2,1-2H3. The Morgan fingerprint density at radius 3 is 0.623 bits per heavy atom. The van der Waals surface area contributed by atoms with Gasteiger partial charge in [-0.25, -0.2) is 0 Å². The third kappa shape index (κ3) is 11.3. The third-order valence-electron chi connectivity index (χ3n) is 13.1. The molecule has 0 aliphatic carbocycles. The lowest BCUT2D eigenvalue weighted by atomic mass is 9.94. The van der Waals surface area contributed by atoms with Crippen molar-refractivity contribution in [3.63, 3.8) is 0 Å². The molecule has 0 aromatic heterocycles. The first-order valence-corrected chi connectivity index (χ1v) is 22.5. The molecule has 22 aliphatic heterocycles. The van der Waals surface area contributed by atoms with E-state index in [1.54, 1.807) is 13.8 Å². The normalized spacial score (nSPS) is 53.6. The zero-order valence-electron chi connectivity index (χ0n) is 37.1. The highest BCUT2D eigenvalue weighted by molar-refractivity contribution is 5.01. The minimum Gasteiger partial charge on any atom is -0.394 e. The van der Waals surface area contributed by atoms with Gasteiger partial charge in [-0.15, -0.1) is 0 Å². The SMILES string of the molecule is CC(C)OCC1OC2OC3C(CO)OC(OC4C(CO)OC(OC5C(CO)OC(OC6C(CO)OC(OC7C(CO)OC(OC1C(O)C2O)C(O)C7O)C(O)C6O)C(O)C5O)C(O)C4O)C(O)C3O. The van der Waals surface area contributed by atoms with Gasteiger partial charge in [0, 0.05) is 0 Å². The van der Waals surface area contributed by atoms with Crippen molar-refractivity contribution in [2.45, 2.75) is 204 Å². The Balaban J connectivity index is 1.20. The van der Waals surface area contributed by atoms with Crippen molar-refractivity contribution < 1.29 is 148 Å². The van der Waals surface area contributed by atoms with Gasteiger partial charge in [-0.3, -0.25) is 0 Å². The molecule has 22 aliphatic rings. The fraction of sp³-hybridized carbons (Fsp3) is 1.00. The first-order valence-electron chi connectivity index (χ1n) is 22.5. The molecule has 17 N–H and O–H groups in total. The molecule has 402 valence electrons. The Bertz CT molecular complexity index is 1580. The molecule has 22 heterocycles. The number of hydrogen-bond acceptors (Lipinski definition) is 30. The fourth-order valence-corrected chi connectivity index (χ4v) is 9.20. The maximum atomic E-state index is 11.5. The molecule has 0 amide bonds. The summed E-state index contributed by atoms with van der Waals surface area (Å²) in [5.41, 5.74) is 0. The van der Waals surface area contributed by atoms with E-state index in [1.807, 2.05) is 0 Å². The van der Waals surface area contributed by atoms with E-state index in [4.69, 9.17) is 61.6 Å². The van der Waals surface area contributed by atoms with Gasteiger partial charge >= 0.3 is 0 Å². The largest absolute Gasteiger partial charge is 0.394 e.